The quantitative estimate of drug-likeness (QED) is 0.900. The number of nitrogens with zero attached hydrogens (tertiary/aromatic N) is 4. The summed E-state index contributed by atoms with van der Waals surface area (Å²) in [4.78, 5) is 2.58. The molecular weight excluding hydrogens is 238 g/mol. The van der Waals surface area contributed by atoms with Crippen molar-refractivity contribution in [3.05, 3.63) is 12.2 Å². The van der Waals surface area contributed by atoms with Gasteiger partial charge in [0.2, 0.25) is 0 Å². The van der Waals surface area contributed by atoms with Crippen LogP contribution < -0.4 is 5.32 Å². The van der Waals surface area contributed by atoms with Gasteiger partial charge < -0.3 is 14.8 Å². The SMILES string of the molecule is CC(NC1CCCN(C(C)C)CC1)c1nncn1C. The van der Waals surface area contributed by atoms with Crippen LogP contribution in [0.3, 0.4) is 0 Å². The Morgan fingerprint density at radius 1 is 1.26 bits per heavy atom. The Morgan fingerprint density at radius 2 is 2.05 bits per heavy atom. The minimum Gasteiger partial charge on any atom is -0.319 e. The number of aromatic nitrogens is 3. The number of likely N-dealkylation sites (tertiary alicyclic amines) is 1. The average molecular weight is 265 g/mol. The summed E-state index contributed by atoms with van der Waals surface area (Å²) < 4.78 is 1.99. The number of hydrogen-bond donors (Lipinski definition) is 1. The van der Waals surface area contributed by atoms with Crippen molar-refractivity contribution in [3.8, 4) is 0 Å². The predicted octanol–water partition coefficient (Wildman–Crippen LogP) is 1.73. The molecule has 5 nitrogen and oxygen atoms in total. The number of nitrogens with one attached hydrogen (secondary N) is 1. The summed E-state index contributed by atoms with van der Waals surface area (Å²) in [5.41, 5.74) is 0. The lowest BCUT2D eigenvalue weighted by Crippen LogP contribution is -2.35. The van der Waals surface area contributed by atoms with Crippen molar-refractivity contribution in [1.82, 2.24) is 25.0 Å². The minimum atomic E-state index is 0.267. The van der Waals surface area contributed by atoms with Crippen molar-refractivity contribution in [2.24, 2.45) is 7.05 Å². The average Bonchev–Trinajstić information content (AvgIpc) is 2.65. The third-order valence-corrected chi connectivity index (χ3v) is 4.11. The fourth-order valence-corrected chi connectivity index (χ4v) is 2.91. The third kappa shape index (κ3) is 3.76. The fourth-order valence-electron chi connectivity index (χ4n) is 2.91. The maximum atomic E-state index is 4.19. The van der Waals surface area contributed by atoms with Crippen molar-refractivity contribution in [2.45, 2.75) is 58.2 Å². The van der Waals surface area contributed by atoms with Gasteiger partial charge in [-0.3, -0.25) is 0 Å². The predicted molar refractivity (Wildman–Crippen MR) is 76.9 cm³/mol. The molecule has 1 aliphatic heterocycles. The van der Waals surface area contributed by atoms with Crippen LogP contribution >= 0.6 is 0 Å². The van der Waals surface area contributed by atoms with Crippen LogP contribution in [0.25, 0.3) is 0 Å². The van der Waals surface area contributed by atoms with Crippen LogP contribution in [-0.2, 0) is 7.05 Å². The highest BCUT2D eigenvalue weighted by atomic mass is 15.3. The normalized spacial score (nSPS) is 23.5. The molecule has 0 aromatic carbocycles. The van der Waals surface area contributed by atoms with Gasteiger partial charge in [0.25, 0.3) is 0 Å². The molecule has 0 spiro atoms. The van der Waals surface area contributed by atoms with Crippen molar-refractivity contribution in [3.63, 3.8) is 0 Å². The van der Waals surface area contributed by atoms with E-state index in [0.29, 0.717) is 12.1 Å². The third-order valence-electron chi connectivity index (χ3n) is 4.11. The van der Waals surface area contributed by atoms with Crippen molar-refractivity contribution in [1.29, 1.82) is 0 Å². The van der Waals surface area contributed by atoms with Gasteiger partial charge in [0.05, 0.1) is 6.04 Å². The molecule has 0 radical (unpaired) electrons. The zero-order chi connectivity index (χ0) is 13.8. The molecule has 1 saturated heterocycles. The minimum absolute atomic E-state index is 0.267. The van der Waals surface area contributed by atoms with Gasteiger partial charge in [-0.2, -0.15) is 0 Å². The zero-order valence-corrected chi connectivity index (χ0v) is 12.6. The van der Waals surface area contributed by atoms with E-state index in [1.165, 1.54) is 32.4 Å². The van der Waals surface area contributed by atoms with Crippen LogP contribution in [0, 0.1) is 0 Å². The molecule has 5 heteroatoms. The van der Waals surface area contributed by atoms with Crippen LogP contribution in [0.15, 0.2) is 6.33 Å². The first-order chi connectivity index (χ1) is 9.08. The number of hydrogen-bond acceptors (Lipinski definition) is 4. The van der Waals surface area contributed by atoms with Crippen molar-refractivity contribution in [2.75, 3.05) is 13.1 Å². The lowest BCUT2D eigenvalue weighted by molar-refractivity contribution is 0.228. The van der Waals surface area contributed by atoms with E-state index in [1.807, 2.05) is 11.6 Å². The summed E-state index contributed by atoms with van der Waals surface area (Å²) in [5, 5.41) is 11.9. The molecule has 19 heavy (non-hydrogen) atoms. The lowest BCUT2D eigenvalue weighted by atomic mass is 10.1. The first kappa shape index (κ1) is 14.5. The second kappa shape index (κ2) is 6.48. The van der Waals surface area contributed by atoms with Gasteiger partial charge in [0.15, 0.2) is 0 Å². The Labute approximate surface area is 116 Å². The van der Waals surface area contributed by atoms with Gasteiger partial charge in [0, 0.05) is 19.1 Å². The van der Waals surface area contributed by atoms with Gasteiger partial charge >= 0.3 is 0 Å². The Balaban J connectivity index is 1.88. The summed E-state index contributed by atoms with van der Waals surface area (Å²) in [6.45, 7) is 9.18. The summed E-state index contributed by atoms with van der Waals surface area (Å²) in [6, 6.07) is 1.52. The first-order valence-corrected chi connectivity index (χ1v) is 7.42. The Bertz CT molecular complexity index is 387. The zero-order valence-electron chi connectivity index (χ0n) is 12.6. The summed E-state index contributed by atoms with van der Waals surface area (Å²) in [7, 11) is 2.00. The Hall–Kier alpha value is -0.940. The molecule has 1 N–H and O–H groups in total. The Kier molecular flexibility index (Phi) is 4.93. The van der Waals surface area contributed by atoms with Crippen LogP contribution in [-0.4, -0.2) is 44.8 Å². The van der Waals surface area contributed by atoms with E-state index >= 15 is 0 Å². The molecule has 0 saturated carbocycles. The number of rotatable bonds is 4. The van der Waals surface area contributed by atoms with Crippen molar-refractivity contribution < 1.29 is 0 Å². The molecule has 1 aromatic rings. The van der Waals surface area contributed by atoms with E-state index in [2.05, 4.69) is 41.2 Å². The smallest absolute Gasteiger partial charge is 0.149 e. The lowest BCUT2D eigenvalue weighted by Gasteiger charge is -2.25. The van der Waals surface area contributed by atoms with Crippen LogP contribution in [0.5, 0.6) is 0 Å². The highest BCUT2D eigenvalue weighted by molar-refractivity contribution is 4.93. The van der Waals surface area contributed by atoms with Gasteiger partial charge in [-0.25, -0.2) is 0 Å². The Morgan fingerprint density at radius 3 is 2.68 bits per heavy atom. The molecule has 0 amide bonds. The second-order valence-corrected chi connectivity index (χ2v) is 5.95. The van der Waals surface area contributed by atoms with E-state index in [-0.39, 0.29) is 6.04 Å². The van der Waals surface area contributed by atoms with E-state index in [4.69, 9.17) is 0 Å². The largest absolute Gasteiger partial charge is 0.319 e. The van der Waals surface area contributed by atoms with Gasteiger partial charge in [0.1, 0.15) is 12.2 Å². The van der Waals surface area contributed by atoms with E-state index in [0.717, 1.165) is 5.82 Å². The maximum absolute atomic E-state index is 4.19. The molecule has 1 aromatic heterocycles. The van der Waals surface area contributed by atoms with Crippen molar-refractivity contribution >= 4 is 0 Å². The van der Waals surface area contributed by atoms with E-state index in [1.54, 1.807) is 6.33 Å². The standard InChI is InChI=1S/C14H27N5/c1-11(2)19-8-5-6-13(7-9-19)16-12(3)14-17-15-10-18(14)4/h10-13,16H,5-9H2,1-4H3. The monoisotopic (exact) mass is 265 g/mol. The molecule has 2 heterocycles. The maximum Gasteiger partial charge on any atom is 0.149 e. The molecule has 1 aliphatic rings. The molecule has 2 atom stereocenters. The van der Waals surface area contributed by atoms with E-state index in [9.17, 15) is 0 Å². The van der Waals surface area contributed by atoms with Crippen LogP contribution in [0.1, 0.15) is 51.9 Å². The molecule has 0 aliphatic carbocycles. The summed E-state index contributed by atoms with van der Waals surface area (Å²) in [5.74, 6) is 1.02. The molecule has 2 rings (SSSR count). The number of aryl methyl sites for hydroxylation is 1. The molecule has 2 unspecified atom stereocenters. The topological polar surface area (TPSA) is 46.0 Å². The first-order valence-electron chi connectivity index (χ1n) is 7.42. The van der Waals surface area contributed by atoms with Gasteiger partial charge in [-0.05, 0) is 53.1 Å². The van der Waals surface area contributed by atoms with Crippen LogP contribution in [0.2, 0.25) is 0 Å². The molecular formula is C14H27N5. The van der Waals surface area contributed by atoms with E-state index < -0.39 is 0 Å². The molecule has 108 valence electrons. The second-order valence-electron chi connectivity index (χ2n) is 5.95. The molecule has 1 fully saturated rings. The summed E-state index contributed by atoms with van der Waals surface area (Å²) in [6.07, 6.45) is 5.52. The highest BCUT2D eigenvalue weighted by Crippen LogP contribution is 2.17. The van der Waals surface area contributed by atoms with Gasteiger partial charge in [-0.1, -0.05) is 0 Å². The van der Waals surface area contributed by atoms with Crippen LogP contribution in [0.4, 0.5) is 0 Å². The van der Waals surface area contributed by atoms with Gasteiger partial charge in [-0.15, -0.1) is 10.2 Å². The highest BCUT2D eigenvalue weighted by Gasteiger charge is 2.21. The fraction of sp³-hybridized carbons (Fsp3) is 0.857. The molecule has 0 bridgehead atoms. The summed E-state index contributed by atoms with van der Waals surface area (Å²) >= 11 is 0.